The Hall–Kier alpha value is -1.76. The number of hydrogen-bond acceptors (Lipinski definition) is 5. The molecule has 1 heterocycles. The van der Waals surface area contributed by atoms with Gasteiger partial charge in [0.1, 0.15) is 5.75 Å². The summed E-state index contributed by atoms with van der Waals surface area (Å²) in [4.78, 5) is 11.8. The maximum absolute atomic E-state index is 12.0. The lowest BCUT2D eigenvalue weighted by Gasteiger charge is -2.43. The number of carbonyl (C=O) groups is 1. The zero-order valence-electron chi connectivity index (χ0n) is 11.0. The van der Waals surface area contributed by atoms with Gasteiger partial charge in [0.05, 0.1) is 13.7 Å². The quantitative estimate of drug-likeness (QED) is 0.826. The molecular weight excluding hydrogens is 268 g/mol. The molecule has 1 saturated heterocycles. The molecule has 0 radical (unpaired) electrons. The van der Waals surface area contributed by atoms with Crippen molar-refractivity contribution >= 4 is 21.6 Å². The van der Waals surface area contributed by atoms with Gasteiger partial charge in [-0.05, 0) is 31.5 Å². The minimum Gasteiger partial charge on any atom is -0.497 e. The van der Waals surface area contributed by atoms with Crippen LogP contribution < -0.4 is 10.5 Å². The number of nitrogen functional groups attached to an aromatic ring is 1. The predicted octanol–water partition coefficient (Wildman–Crippen LogP) is 0.728. The lowest BCUT2D eigenvalue weighted by Crippen LogP contribution is -2.66. The molecule has 0 aromatic heterocycles. The van der Waals surface area contributed by atoms with Crippen LogP contribution in [0.4, 0.5) is 5.69 Å². The maximum atomic E-state index is 12.0. The van der Waals surface area contributed by atoms with E-state index in [2.05, 4.69) is 0 Å². The Labute approximate surface area is 112 Å². The molecule has 1 aromatic carbocycles. The number of carbonyl (C=O) groups excluding carboxylic acids is 1. The Morgan fingerprint density at radius 2 is 1.95 bits per heavy atom. The first-order valence-corrected chi connectivity index (χ1v) is 7.14. The number of hydrogen-bond donors (Lipinski definition) is 1. The molecule has 1 aliphatic heterocycles. The summed E-state index contributed by atoms with van der Waals surface area (Å²) < 4.78 is 28.5. The molecule has 7 heteroatoms. The van der Waals surface area contributed by atoms with Gasteiger partial charge in [-0.2, -0.15) is 0 Å². The van der Waals surface area contributed by atoms with Gasteiger partial charge in [-0.3, -0.25) is 4.79 Å². The number of ether oxygens (including phenoxy) is 1. The van der Waals surface area contributed by atoms with Gasteiger partial charge in [0.2, 0.25) is 0 Å². The topological polar surface area (TPSA) is 89.7 Å². The van der Waals surface area contributed by atoms with E-state index in [0.717, 1.165) is 4.31 Å². The van der Waals surface area contributed by atoms with Crippen LogP contribution in [0.25, 0.3) is 0 Å². The molecule has 1 amide bonds. The second kappa shape index (κ2) is 4.12. The fraction of sp³-hybridized carbons (Fsp3) is 0.417. The zero-order valence-corrected chi connectivity index (χ0v) is 11.8. The normalized spacial score (nSPS) is 19.9. The van der Waals surface area contributed by atoms with Crippen LogP contribution in [0, 0.1) is 0 Å². The van der Waals surface area contributed by atoms with Crippen LogP contribution in [-0.2, 0) is 21.4 Å². The summed E-state index contributed by atoms with van der Waals surface area (Å²) in [5.41, 5.74) is 6.77. The third kappa shape index (κ3) is 1.94. The molecule has 104 valence electrons. The summed E-state index contributed by atoms with van der Waals surface area (Å²) in [5.74, 6) is 0.119. The van der Waals surface area contributed by atoms with Gasteiger partial charge in [-0.1, -0.05) is 0 Å². The fourth-order valence-corrected chi connectivity index (χ4v) is 3.49. The molecule has 0 saturated carbocycles. The van der Waals surface area contributed by atoms with Crippen LogP contribution in [0.5, 0.6) is 5.75 Å². The van der Waals surface area contributed by atoms with Gasteiger partial charge in [0.15, 0.2) is 4.75 Å². The first-order chi connectivity index (χ1) is 8.70. The summed E-state index contributed by atoms with van der Waals surface area (Å²) in [5, 5.41) is 0. The van der Waals surface area contributed by atoms with Gasteiger partial charge < -0.3 is 10.5 Å². The first-order valence-electron chi connectivity index (χ1n) is 5.70. The highest BCUT2D eigenvalue weighted by atomic mass is 32.2. The van der Waals surface area contributed by atoms with Crippen molar-refractivity contribution in [3.8, 4) is 5.75 Å². The van der Waals surface area contributed by atoms with Gasteiger partial charge in [-0.15, -0.1) is 0 Å². The fourth-order valence-electron chi connectivity index (χ4n) is 1.97. The Bertz CT molecular complexity index is 637. The highest BCUT2D eigenvalue weighted by molar-refractivity contribution is 7.94. The molecule has 6 nitrogen and oxygen atoms in total. The number of nitrogens with zero attached hydrogens (tertiary/aromatic N) is 1. The van der Waals surface area contributed by atoms with E-state index in [4.69, 9.17) is 10.5 Å². The molecular formula is C12H16N2O4S. The molecule has 0 aliphatic carbocycles. The van der Waals surface area contributed by atoms with E-state index in [-0.39, 0.29) is 6.54 Å². The highest BCUT2D eigenvalue weighted by Gasteiger charge is 2.59. The molecule has 0 unspecified atom stereocenters. The second-order valence-electron chi connectivity index (χ2n) is 4.94. The number of anilines is 1. The largest absolute Gasteiger partial charge is 0.497 e. The minimum atomic E-state index is -3.58. The number of amides is 1. The Morgan fingerprint density at radius 3 is 2.47 bits per heavy atom. The van der Waals surface area contributed by atoms with E-state index < -0.39 is 20.7 Å². The smallest absolute Gasteiger partial charge is 0.259 e. The van der Waals surface area contributed by atoms with E-state index in [1.807, 2.05) is 0 Å². The lowest BCUT2D eigenvalue weighted by atomic mass is 10.1. The highest BCUT2D eigenvalue weighted by Crippen LogP contribution is 2.36. The summed E-state index contributed by atoms with van der Waals surface area (Å²) >= 11 is 0. The molecule has 1 fully saturated rings. The number of methoxy groups -OCH3 is 1. The van der Waals surface area contributed by atoms with Gasteiger partial charge in [-0.25, -0.2) is 12.7 Å². The molecule has 1 aliphatic rings. The molecule has 0 spiro atoms. The molecule has 0 atom stereocenters. The molecule has 0 bridgehead atoms. The van der Waals surface area contributed by atoms with Crippen molar-refractivity contribution in [1.82, 2.24) is 4.31 Å². The van der Waals surface area contributed by atoms with Crippen molar-refractivity contribution in [3.63, 3.8) is 0 Å². The number of benzene rings is 1. The van der Waals surface area contributed by atoms with Gasteiger partial charge in [0.25, 0.3) is 15.9 Å². The standard InChI is InChI=1S/C12H16N2O4S/c1-12(2)11(15)14(19(12,16)17)7-8-4-9(13)6-10(5-8)18-3/h4-6H,7,13H2,1-3H3. The lowest BCUT2D eigenvalue weighted by molar-refractivity contribution is -0.132. The van der Waals surface area contributed by atoms with Crippen LogP contribution in [0.1, 0.15) is 19.4 Å². The summed E-state index contributed by atoms with van der Waals surface area (Å²) in [7, 11) is -2.08. The van der Waals surface area contributed by atoms with E-state index in [1.165, 1.54) is 21.0 Å². The summed E-state index contributed by atoms with van der Waals surface area (Å²) in [6.07, 6.45) is 0. The number of nitrogens with two attached hydrogens (primary N) is 1. The Balaban J connectivity index is 2.29. The van der Waals surface area contributed by atoms with Crippen LogP contribution in [-0.4, -0.2) is 30.5 Å². The number of rotatable bonds is 3. The van der Waals surface area contributed by atoms with E-state index in [9.17, 15) is 13.2 Å². The van der Waals surface area contributed by atoms with Crippen LogP contribution >= 0.6 is 0 Å². The molecule has 19 heavy (non-hydrogen) atoms. The predicted molar refractivity (Wildman–Crippen MR) is 71.0 cm³/mol. The van der Waals surface area contributed by atoms with Crippen molar-refractivity contribution in [2.75, 3.05) is 12.8 Å². The van der Waals surface area contributed by atoms with Crippen LogP contribution in [0.2, 0.25) is 0 Å². The molecule has 2 rings (SSSR count). The summed E-state index contributed by atoms with van der Waals surface area (Å²) in [6, 6.07) is 4.90. The molecule has 2 N–H and O–H groups in total. The van der Waals surface area contributed by atoms with Gasteiger partial charge >= 0.3 is 0 Å². The van der Waals surface area contributed by atoms with Gasteiger partial charge in [0, 0.05) is 11.8 Å². The van der Waals surface area contributed by atoms with Crippen molar-refractivity contribution in [2.45, 2.75) is 25.1 Å². The summed E-state index contributed by atoms with van der Waals surface area (Å²) in [6.45, 7) is 2.79. The van der Waals surface area contributed by atoms with Crippen molar-refractivity contribution < 1.29 is 17.9 Å². The Morgan fingerprint density at radius 1 is 1.32 bits per heavy atom. The van der Waals surface area contributed by atoms with E-state index in [0.29, 0.717) is 17.0 Å². The van der Waals surface area contributed by atoms with Crippen molar-refractivity contribution in [2.24, 2.45) is 0 Å². The SMILES string of the molecule is COc1cc(N)cc(CN2C(=O)C(C)(C)S2(=O)=O)c1. The number of sulfonamides is 1. The third-order valence-electron chi connectivity index (χ3n) is 3.23. The molecule has 1 aromatic rings. The van der Waals surface area contributed by atoms with Crippen LogP contribution in [0.15, 0.2) is 18.2 Å². The average molecular weight is 284 g/mol. The maximum Gasteiger partial charge on any atom is 0.259 e. The van der Waals surface area contributed by atoms with Crippen molar-refractivity contribution in [3.05, 3.63) is 23.8 Å². The second-order valence-corrected chi connectivity index (χ2v) is 7.35. The Kier molecular flexibility index (Phi) is 2.97. The third-order valence-corrected chi connectivity index (χ3v) is 5.57. The van der Waals surface area contributed by atoms with E-state index in [1.54, 1.807) is 18.2 Å². The van der Waals surface area contributed by atoms with E-state index >= 15 is 0 Å². The average Bonchev–Trinajstić information content (AvgIpc) is 2.34. The monoisotopic (exact) mass is 284 g/mol. The van der Waals surface area contributed by atoms with Crippen molar-refractivity contribution in [1.29, 1.82) is 0 Å². The van der Waals surface area contributed by atoms with Crippen LogP contribution in [0.3, 0.4) is 0 Å². The zero-order chi connectivity index (χ0) is 14.4. The first kappa shape index (κ1) is 13.7. The minimum absolute atomic E-state index is 0.0218.